The highest BCUT2D eigenvalue weighted by atomic mass is 16.3. The first-order chi connectivity index (χ1) is 33.6. The molecule has 0 fully saturated rings. The van der Waals surface area contributed by atoms with Crippen molar-refractivity contribution >= 4 is 39.0 Å². The molecule has 11 rings (SSSR count). The van der Waals surface area contributed by atoms with Gasteiger partial charge >= 0.3 is 0 Å². The maximum absolute atomic E-state index is 9.70. The van der Waals surface area contributed by atoms with E-state index < -0.39 is 113 Å². The molecule has 0 N–H and O–H groups in total. The topological polar surface area (TPSA) is 16.4 Å². The van der Waals surface area contributed by atoms with Gasteiger partial charge in [-0.15, -0.1) is 0 Å². The summed E-state index contributed by atoms with van der Waals surface area (Å²) in [5, 5.41) is -0.464. The zero-order chi connectivity index (χ0) is 50.7. The van der Waals surface area contributed by atoms with Gasteiger partial charge in [-0.05, 0) is 123 Å². The second-order valence-electron chi connectivity index (χ2n) is 14.5. The van der Waals surface area contributed by atoms with Gasteiger partial charge < -0.3 is 9.32 Å². The van der Waals surface area contributed by atoms with Gasteiger partial charge in [0.2, 0.25) is 0 Å². The van der Waals surface area contributed by atoms with E-state index in [0.29, 0.717) is 5.56 Å². The molecule has 1 aromatic heterocycles. The third-order valence-corrected chi connectivity index (χ3v) is 11.1. The minimum atomic E-state index is -3.45. The molecule has 2 aliphatic carbocycles. The first-order valence-electron chi connectivity index (χ1n) is 26.0. The number of benzene rings is 8. The molecule has 1 heterocycles. The SMILES string of the molecule is [2H]c1cc2c(c([2H])c1[2H])-c1c([2H])c([2H])c([2H])c([2H])c1C2(c1c([2H])c([2H])c2c(oc3c([2H])c([2H])c(-c4ccc(N(c5ccccc5)c5ccc6c(c5)C(C)(C)c5ccccc5-6)cc4)c([2H])c32)c1[2H])C([2H])([2H])[2H]. The van der Waals surface area contributed by atoms with Crippen LogP contribution >= 0.6 is 0 Å². The third kappa shape index (κ3) is 4.61. The van der Waals surface area contributed by atoms with E-state index in [2.05, 4.69) is 55.1 Å². The molecule has 262 valence electrons. The summed E-state index contributed by atoms with van der Waals surface area (Å²) in [6.07, 6.45) is 0. The number of anilines is 3. The van der Waals surface area contributed by atoms with Crippen LogP contribution in [0.5, 0.6) is 0 Å². The minimum Gasteiger partial charge on any atom is -0.456 e. The molecule has 0 radical (unpaired) electrons. The van der Waals surface area contributed by atoms with Crippen molar-refractivity contribution < 1.29 is 26.3 Å². The Morgan fingerprint density at radius 2 is 1.24 bits per heavy atom. The molecule has 0 aliphatic heterocycles. The van der Waals surface area contributed by atoms with Gasteiger partial charge in [0.05, 0.1) is 17.8 Å². The van der Waals surface area contributed by atoms with Crippen molar-refractivity contribution in [1.82, 2.24) is 0 Å². The van der Waals surface area contributed by atoms with Crippen molar-refractivity contribution in [2.24, 2.45) is 0 Å². The van der Waals surface area contributed by atoms with Crippen LogP contribution < -0.4 is 4.90 Å². The Morgan fingerprint density at radius 3 is 2.09 bits per heavy atom. The summed E-state index contributed by atoms with van der Waals surface area (Å²) in [6.45, 7) is 0.980. The fourth-order valence-corrected chi connectivity index (χ4v) is 8.37. The molecule has 2 heteroatoms. The second kappa shape index (κ2) is 11.7. The van der Waals surface area contributed by atoms with Crippen LogP contribution in [0.2, 0.25) is 0 Å². The molecule has 9 aromatic rings. The van der Waals surface area contributed by atoms with Crippen molar-refractivity contribution in [1.29, 1.82) is 0 Å². The number of rotatable bonds is 5. The number of furan rings is 1. The molecule has 2 nitrogen and oxygen atoms in total. The lowest BCUT2D eigenvalue weighted by atomic mass is 9.74. The van der Waals surface area contributed by atoms with Crippen LogP contribution in [0, 0.1) is 0 Å². The lowest BCUT2D eigenvalue weighted by molar-refractivity contribution is 0.660. The quantitative estimate of drug-likeness (QED) is 0.176. The van der Waals surface area contributed by atoms with Gasteiger partial charge in [-0.2, -0.15) is 0 Å². The number of hydrogen-bond donors (Lipinski definition) is 0. The van der Waals surface area contributed by atoms with Crippen LogP contribution in [-0.2, 0) is 10.8 Å². The van der Waals surface area contributed by atoms with E-state index in [0.717, 1.165) is 28.7 Å². The Balaban J connectivity index is 1.11. The van der Waals surface area contributed by atoms with Crippen molar-refractivity contribution in [2.75, 3.05) is 4.90 Å². The van der Waals surface area contributed by atoms with Crippen molar-refractivity contribution in [3.63, 3.8) is 0 Å². The lowest BCUT2D eigenvalue weighted by Gasteiger charge is -2.28. The zero-order valence-electron chi connectivity index (χ0n) is 45.7. The average Bonchev–Trinajstić information content (AvgIpc) is 3.97. The largest absolute Gasteiger partial charge is 0.456 e. The Hall–Kier alpha value is -6.64. The number of para-hydroxylation sites is 1. The molecule has 1 atom stereocenters. The molecule has 1 unspecified atom stereocenters. The van der Waals surface area contributed by atoms with Crippen LogP contribution in [-0.4, -0.2) is 0 Å². The summed E-state index contributed by atoms with van der Waals surface area (Å²) in [6, 6.07) is 23.8. The summed E-state index contributed by atoms with van der Waals surface area (Å²) >= 11 is 0. The van der Waals surface area contributed by atoms with Gasteiger partial charge in [0.1, 0.15) is 11.2 Å². The number of nitrogens with zero attached hydrogens (tertiary/aromatic N) is 1. The maximum atomic E-state index is 9.70. The second-order valence-corrected chi connectivity index (χ2v) is 14.5. The standard InChI is InChI=1S/C53H39NO/c1-52(2)46-18-10-7-15-40(46)43-29-27-39(33-49(43)52)54(37-13-5-4-6-14-37)38-25-21-34(22-26-38)35-23-30-50-45(31-35)44-28-24-36(32-51(44)55-50)53(3)47-19-11-8-16-41(47)42-17-9-12-20-48(42)53/h4-33H,1-3H3/i3D3,8D,9D,11D,12D,16D,17D,19D,23D,24D,28D,30D,31D,32D. The van der Waals surface area contributed by atoms with E-state index in [1.807, 2.05) is 48.5 Å². The van der Waals surface area contributed by atoms with E-state index in [-0.39, 0.29) is 38.9 Å². The van der Waals surface area contributed by atoms with Crippen molar-refractivity contribution in [3.05, 3.63) is 209 Å². The fraction of sp³-hybridized carbons (Fsp3) is 0.0943. The summed E-state index contributed by atoms with van der Waals surface area (Å²) in [7, 11) is 0. The Bertz CT molecular complexity index is 3820. The molecular weight excluding hydrogens is 667 g/mol. The van der Waals surface area contributed by atoms with E-state index >= 15 is 0 Å². The molecule has 55 heavy (non-hydrogen) atoms. The summed E-state index contributed by atoms with van der Waals surface area (Å²) in [4.78, 5) is 2.10. The van der Waals surface area contributed by atoms with E-state index in [4.69, 9.17) is 18.1 Å². The van der Waals surface area contributed by atoms with Crippen LogP contribution in [0.15, 0.2) is 186 Å². The number of hydrogen-bond acceptors (Lipinski definition) is 2. The van der Waals surface area contributed by atoms with E-state index in [9.17, 15) is 8.22 Å². The average molecular weight is 722 g/mol. The van der Waals surface area contributed by atoms with Gasteiger partial charge in [-0.1, -0.05) is 141 Å². The first kappa shape index (κ1) is 19.6. The first-order valence-corrected chi connectivity index (χ1v) is 18.0. The smallest absolute Gasteiger partial charge is 0.135 e. The highest BCUT2D eigenvalue weighted by molar-refractivity contribution is 6.06. The predicted octanol–water partition coefficient (Wildman–Crippen LogP) is 14.4. The normalized spacial score (nSPS) is 20.5. The molecule has 0 amide bonds. The van der Waals surface area contributed by atoms with Gasteiger partial charge in [-0.25, -0.2) is 0 Å². The maximum Gasteiger partial charge on any atom is 0.135 e. The lowest BCUT2D eigenvalue weighted by Crippen LogP contribution is -2.22. The van der Waals surface area contributed by atoms with Crippen LogP contribution in [0.25, 0.3) is 55.3 Å². The summed E-state index contributed by atoms with van der Waals surface area (Å²) < 4.78 is 151. The Morgan fingerprint density at radius 1 is 0.509 bits per heavy atom. The van der Waals surface area contributed by atoms with Gasteiger partial charge in [-0.3, -0.25) is 0 Å². The highest BCUT2D eigenvalue weighted by Gasteiger charge is 2.41. The summed E-state index contributed by atoms with van der Waals surface area (Å²) in [5.74, 6) is 0. The van der Waals surface area contributed by atoms with Crippen molar-refractivity contribution in [3.8, 4) is 33.4 Å². The molecule has 0 spiro atoms. The van der Waals surface area contributed by atoms with Crippen LogP contribution in [0.4, 0.5) is 17.1 Å². The third-order valence-electron chi connectivity index (χ3n) is 11.1. The summed E-state index contributed by atoms with van der Waals surface area (Å²) in [5.41, 5.74) is 0.979. The molecule has 0 saturated heterocycles. The van der Waals surface area contributed by atoms with Gasteiger partial charge in [0.15, 0.2) is 0 Å². The van der Waals surface area contributed by atoms with Crippen molar-refractivity contribution in [2.45, 2.75) is 31.5 Å². The molecular formula is C53H39NO. The fourth-order valence-electron chi connectivity index (χ4n) is 8.37. The van der Waals surface area contributed by atoms with Gasteiger partial charge in [0, 0.05) is 42.8 Å². The monoisotopic (exact) mass is 721 g/mol. The van der Waals surface area contributed by atoms with E-state index in [1.165, 1.54) is 16.7 Å². The molecule has 8 aromatic carbocycles. The molecule has 0 saturated carbocycles. The predicted molar refractivity (Wildman–Crippen MR) is 229 cm³/mol. The Kier molecular flexibility index (Phi) is 4.17. The highest BCUT2D eigenvalue weighted by Crippen LogP contribution is 2.53. The van der Waals surface area contributed by atoms with E-state index in [1.54, 1.807) is 12.1 Å². The van der Waals surface area contributed by atoms with Crippen LogP contribution in [0.1, 0.15) is 70.4 Å². The Labute approximate surface area is 344 Å². The zero-order valence-corrected chi connectivity index (χ0v) is 29.7. The van der Waals surface area contributed by atoms with Gasteiger partial charge in [0.25, 0.3) is 0 Å². The number of fused-ring (bicyclic) bond motifs is 9. The minimum absolute atomic E-state index is 0.00708. The molecule has 0 bridgehead atoms. The molecule has 2 aliphatic rings. The van der Waals surface area contributed by atoms with Crippen LogP contribution in [0.3, 0.4) is 0 Å².